The first kappa shape index (κ1) is 12.8. The number of alkyl halides is 1. The normalized spacial score (nSPS) is 33.6. The third kappa shape index (κ3) is 2.44. The van der Waals surface area contributed by atoms with Crippen molar-refractivity contribution in [1.82, 2.24) is 9.21 Å². The SMILES string of the molecule is CC1CN2CCCCC2CN1S(=O)(=O)CBr. The second kappa shape index (κ2) is 4.92. The predicted molar refractivity (Wildman–Crippen MR) is 68.1 cm³/mol. The number of piperidine rings is 1. The molecular weight excluding hydrogens is 292 g/mol. The van der Waals surface area contributed by atoms with Crippen LogP contribution in [0.5, 0.6) is 0 Å². The van der Waals surface area contributed by atoms with E-state index in [9.17, 15) is 8.42 Å². The second-order valence-electron chi connectivity index (χ2n) is 4.78. The van der Waals surface area contributed by atoms with Gasteiger partial charge in [-0.05, 0) is 26.3 Å². The maximum absolute atomic E-state index is 11.9. The van der Waals surface area contributed by atoms with Crippen LogP contribution in [0.1, 0.15) is 26.2 Å². The topological polar surface area (TPSA) is 40.6 Å². The Morgan fingerprint density at radius 2 is 2.06 bits per heavy atom. The van der Waals surface area contributed by atoms with Crippen LogP contribution < -0.4 is 0 Å². The fraction of sp³-hybridized carbons (Fsp3) is 1.00. The van der Waals surface area contributed by atoms with Crippen LogP contribution in [0.25, 0.3) is 0 Å². The molecule has 0 aromatic heterocycles. The molecule has 2 fully saturated rings. The molecule has 2 atom stereocenters. The number of halogens is 1. The maximum atomic E-state index is 11.9. The van der Waals surface area contributed by atoms with Gasteiger partial charge in [0.05, 0.1) is 0 Å². The molecule has 2 aliphatic rings. The highest BCUT2D eigenvalue weighted by atomic mass is 79.9. The van der Waals surface area contributed by atoms with E-state index >= 15 is 0 Å². The number of rotatable bonds is 2. The summed E-state index contributed by atoms with van der Waals surface area (Å²) in [6, 6.07) is 0.552. The molecule has 2 aliphatic heterocycles. The van der Waals surface area contributed by atoms with Crippen LogP contribution in [0.3, 0.4) is 0 Å². The molecule has 2 saturated heterocycles. The predicted octanol–water partition coefficient (Wildman–Crippen LogP) is 1.23. The van der Waals surface area contributed by atoms with Gasteiger partial charge >= 0.3 is 0 Å². The monoisotopic (exact) mass is 310 g/mol. The van der Waals surface area contributed by atoms with Crippen LogP contribution in [0.4, 0.5) is 0 Å². The second-order valence-corrected chi connectivity index (χ2v) is 8.01. The van der Waals surface area contributed by atoms with Crippen LogP contribution in [0.2, 0.25) is 0 Å². The number of piperazine rings is 1. The fourth-order valence-corrected chi connectivity index (χ4v) is 4.70. The Kier molecular flexibility index (Phi) is 3.93. The van der Waals surface area contributed by atoms with Gasteiger partial charge in [0.15, 0.2) is 0 Å². The lowest BCUT2D eigenvalue weighted by molar-refractivity contribution is 0.0567. The summed E-state index contributed by atoms with van der Waals surface area (Å²) in [6.45, 7) is 4.70. The first-order valence-corrected chi connectivity index (χ1v) is 8.57. The molecule has 0 radical (unpaired) electrons. The van der Waals surface area contributed by atoms with Crippen molar-refractivity contribution in [3.63, 3.8) is 0 Å². The Balaban J connectivity index is 2.12. The molecule has 0 aromatic rings. The summed E-state index contributed by atoms with van der Waals surface area (Å²) in [7, 11) is -3.10. The molecule has 0 bridgehead atoms. The van der Waals surface area contributed by atoms with Gasteiger partial charge in [0, 0.05) is 25.2 Å². The molecule has 2 unspecified atom stereocenters. The smallest absolute Gasteiger partial charge is 0.224 e. The van der Waals surface area contributed by atoms with Gasteiger partial charge in [0.2, 0.25) is 10.0 Å². The Morgan fingerprint density at radius 3 is 2.75 bits per heavy atom. The molecule has 2 rings (SSSR count). The van der Waals surface area contributed by atoms with Crippen LogP contribution in [-0.4, -0.2) is 54.0 Å². The van der Waals surface area contributed by atoms with E-state index in [-0.39, 0.29) is 10.7 Å². The van der Waals surface area contributed by atoms with Crippen LogP contribution in [0, 0.1) is 0 Å². The lowest BCUT2D eigenvalue weighted by Crippen LogP contribution is -2.60. The van der Waals surface area contributed by atoms with Gasteiger partial charge in [0.1, 0.15) is 4.66 Å². The van der Waals surface area contributed by atoms with Crippen molar-refractivity contribution in [2.75, 3.05) is 24.3 Å². The van der Waals surface area contributed by atoms with E-state index in [1.165, 1.54) is 12.8 Å². The quantitative estimate of drug-likeness (QED) is 0.720. The summed E-state index contributed by atoms with van der Waals surface area (Å²) in [5, 5.41) is 0. The summed E-state index contributed by atoms with van der Waals surface area (Å²) in [4.78, 5) is 2.45. The van der Waals surface area contributed by atoms with E-state index in [0.29, 0.717) is 12.6 Å². The van der Waals surface area contributed by atoms with E-state index < -0.39 is 10.0 Å². The van der Waals surface area contributed by atoms with Gasteiger partial charge in [-0.1, -0.05) is 22.4 Å². The number of hydrogen-bond acceptors (Lipinski definition) is 3. The third-order valence-corrected chi connectivity index (χ3v) is 6.86. The minimum atomic E-state index is -3.10. The summed E-state index contributed by atoms with van der Waals surface area (Å²) in [6.07, 6.45) is 3.63. The summed E-state index contributed by atoms with van der Waals surface area (Å²) in [5.41, 5.74) is 0. The number of nitrogens with zero attached hydrogens (tertiary/aromatic N) is 2. The Bertz CT molecular complexity index is 347. The molecule has 0 aromatic carbocycles. The van der Waals surface area contributed by atoms with Crippen molar-refractivity contribution >= 4 is 26.0 Å². The van der Waals surface area contributed by atoms with Gasteiger partial charge < -0.3 is 0 Å². The van der Waals surface area contributed by atoms with Crippen molar-refractivity contribution in [3.8, 4) is 0 Å². The molecule has 6 heteroatoms. The van der Waals surface area contributed by atoms with Crippen LogP contribution in [-0.2, 0) is 10.0 Å². The maximum Gasteiger partial charge on any atom is 0.224 e. The number of hydrogen-bond donors (Lipinski definition) is 0. The molecule has 4 nitrogen and oxygen atoms in total. The van der Waals surface area contributed by atoms with Crippen LogP contribution >= 0.6 is 15.9 Å². The highest BCUT2D eigenvalue weighted by Gasteiger charge is 2.37. The molecule has 2 heterocycles. The lowest BCUT2D eigenvalue weighted by atomic mass is 9.99. The minimum Gasteiger partial charge on any atom is -0.297 e. The molecule has 0 aliphatic carbocycles. The van der Waals surface area contributed by atoms with Gasteiger partial charge in [-0.25, -0.2) is 8.42 Å². The Morgan fingerprint density at radius 1 is 1.31 bits per heavy atom. The zero-order chi connectivity index (χ0) is 11.8. The van der Waals surface area contributed by atoms with E-state index in [1.54, 1.807) is 4.31 Å². The van der Waals surface area contributed by atoms with Gasteiger partial charge in [-0.15, -0.1) is 0 Å². The molecule has 16 heavy (non-hydrogen) atoms. The van der Waals surface area contributed by atoms with Gasteiger partial charge in [-0.2, -0.15) is 4.31 Å². The first-order chi connectivity index (χ1) is 7.54. The highest BCUT2D eigenvalue weighted by Crippen LogP contribution is 2.26. The highest BCUT2D eigenvalue weighted by molar-refractivity contribution is 9.10. The zero-order valence-electron chi connectivity index (χ0n) is 9.60. The molecule has 0 N–H and O–H groups in total. The Hall–Kier alpha value is 0.350. The molecule has 0 amide bonds. The lowest BCUT2D eigenvalue weighted by Gasteiger charge is -2.46. The molecular formula is C10H19BrN2O2S. The van der Waals surface area contributed by atoms with Crippen molar-refractivity contribution in [3.05, 3.63) is 0 Å². The molecule has 0 saturated carbocycles. The largest absolute Gasteiger partial charge is 0.297 e. The van der Waals surface area contributed by atoms with Crippen molar-refractivity contribution < 1.29 is 8.42 Å². The van der Waals surface area contributed by atoms with Crippen molar-refractivity contribution in [1.29, 1.82) is 0 Å². The van der Waals surface area contributed by atoms with Gasteiger partial charge in [-0.3, -0.25) is 4.90 Å². The summed E-state index contributed by atoms with van der Waals surface area (Å²) < 4.78 is 25.5. The molecule has 0 spiro atoms. The van der Waals surface area contributed by atoms with E-state index in [1.807, 2.05) is 6.92 Å². The average Bonchev–Trinajstić information content (AvgIpc) is 2.28. The number of fused-ring (bicyclic) bond motifs is 1. The summed E-state index contributed by atoms with van der Waals surface area (Å²) in [5.74, 6) is 0. The third-order valence-electron chi connectivity index (χ3n) is 3.63. The molecule has 94 valence electrons. The van der Waals surface area contributed by atoms with Crippen molar-refractivity contribution in [2.24, 2.45) is 0 Å². The number of sulfonamides is 1. The van der Waals surface area contributed by atoms with Gasteiger partial charge in [0.25, 0.3) is 0 Å². The summed E-state index contributed by atoms with van der Waals surface area (Å²) >= 11 is 3.08. The van der Waals surface area contributed by atoms with E-state index in [4.69, 9.17) is 0 Å². The van der Waals surface area contributed by atoms with Crippen molar-refractivity contribution in [2.45, 2.75) is 38.3 Å². The standard InChI is InChI=1S/C10H19BrN2O2S/c1-9-6-12-5-3-2-4-10(12)7-13(9)16(14,15)8-11/h9-10H,2-8H2,1H3. The van der Waals surface area contributed by atoms with Crippen LogP contribution in [0.15, 0.2) is 0 Å². The Labute approximate surface area is 106 Å². The van der Waals surface area contributed by atoms with E-state index in [2.05, 4.69) is 20.8 Å². The zero-order valence-corrected chi connectivity index (χ0v) is 12.0. The fourth-order valence-electron chi connectivity index (χ4n) is 2.78. The average molecular weight is 311 g/mol. The first-order valence-electron chi connectivity index (χ1n) is 5.84. The minimum absolute atomic E-state index is 0.0387. The van der Waals surface area contributed by atoms with E-state index in [0.717, 1.165) is 19.5 Å².